The number of hydrogen-bond acceptors (Lipinski definition) is 3. The van der Waals surface area contributed by atoms with E-state index in [0.717, 1.165) is 0 Å². The minimum absolute atomic E-state index is 0.0295. The Labute approximate surface area is 88.1 Å². The first-order valence-electron chi connectivity index (χ1n) is 4.44. The van der Waals surface area contributed by atoms with Gasteiger partial charge in [-0.3, -0.25) is 10.1 Å². The van der Waals surface area contributed by atoms with Gasteiger partial charge in [0.1, 0.15) is 11.3 Å². The first kappa shape index (κ1) is 12.8. The highest BCUT2D eigenvalue weighted by atomic mass is 35.5. The number of aromatic nitrogens is 1. The summed E-state index contributed by atoms with van der Waals surface area (Å²) < 4.78 is 0. The van der Waals surface area contributed by atoms with Crippen molar-refractivity contribution in [2.24, 2.45) is 0 Å². The molecule has 1 rings (SSSR count). The van der Waals surface area contributed by atoms with E-state index in [1.165, 1.54) is 12.3 Å². The molecule has 14 heavy (non-hydrogen) atoms. The molecule has 0 radical (unpaired) electrons. The second kappa shape index (κ2) is 6.32. The van der Waals surface area contributed by atoms with E-state index in [1.54, 1.807) is 0 Å². The highest BCUT2D eigenvalue weighted by molar-refractivity contribution is 6.29. The molecule has 0 N–H and O–H groups in total. The molecule has 0 aliphatic heterocycles. The Kier molecular flexibility index (Phi) is 5.79. The van der Waals surface area contributed by atoms with E-state index in [1.807, 2.05) is 20.8 Å². The maximum Gasteiger partial charge on any atom is 0.290 e. The van der Waals surface area contributed by atoms with Crippen LogP contribution in [0.5, 0.6) is 0 Å². The first-order chi connectivity index (χ1) is 6.65. The van der Waals surface area contributed by atoms with Gasteiger partial charge in [-0.15, -0.1) is 0 Å². The third-order valence-corrected chi connectivity index (χ3v) is 1.72. The Morgan fingerprint density at radius 1 is 1.57 bits per heavy atom. The molecule has 0 aliphatic rings. The van der Waals surface area contributed by atoms with Gasteiger partial charge in [-0.2, -0.15) is 0 Å². The minimum atomic E-state index is -0.456. The molecule has 0 amide bonds. The Balaban J connectivity index is 0.000000791. The van der Waals surface area contributed by atoms with E-state index >= 15 is 0 Å². The van der Waals surface area contributed by atoms with Gasteiger partial charge in [0.05, 0.1) is 4.92 Å². The topological polar surface area (TPSA) is 56.0 Å². The Bertz CT molecular complexity index is 316. The van der Waals surface area contributed by atoms with Crippen LogP contribution in [-0.2, 0) is 6.42 Å². The zero-order valence-electron chi connectivity index (χ0n) is 8.45. The van der Waals surface area contributed by atoms with Crippen LogP contribution < -0.4 is 0 Å². The van der Waals surface area contributed by atoms with Crippen LogP contribution in [0.25, 0.3) is 0 Å². The third kappa shape index (κ3) is 3.30. The van der Waals surface area contributed by atoms with Gasteiger partial charge in [-0.05, 0) is 12.5 Å². The number of hydrogen-bond donors (Lipinski definition) is 0. The lowest BCUT2D eigenvalue weighted by Crippen LogP contribution is -1.95. The van der Waals surface area contributed by atoms with Crippen molar-refractivity contribution in [2.45, 2.75) is 27.2 Å². The van der Waals surface area contributed by atoms with Crippen LogP contribution in [0, 0.1) is 10.1 Å². The lowest BCUT2D eigenvalue weighted by atomic mass is 10.2. The van der Waals surface area contributed by atoms with Gasteiger partial charge in [0.25, 0.3) is 5.69 Å². The maximum atomic E-state index is 10.4. The number of halogens is 1. The highest BCUT2D eigenvalue weighted by Crippen LogP contribution is 2.20. The van der Waals surface area contributed by atoms with Gasteiger partial charge in [-0.1, -0.05) is 32.4 Å². The number of aryl methyl sites for hydroxylation is 1. The van der Waals surface area contributed by atoms with Crippen molar-refractivity contribution < 1.29 is 4.92 Å². The lowest BCUT2D eigenvalue weighted by Gasteiger charge is -1.98. The van der Waals surface area contributed by atoms with Crippen LogP contribution in [-0.4, -0.2) is 9.91 Å². The molecular formula is C9H13ClN2O2. The summed E-state index contributed by atoms with van der Waals surface area (Å²) >= 11 is 5.57. The molecular weight excluding hydrogens is 204 g/mol. The van der Waals surface area contributed by atoms with Crippen molar-refractivity contribution in [1.29, 1.82) is 0 Å². The SMILES string of the molecule is CC.CCc1cc(Cl)ncc1[N+](=O)[O-]. The quantitative estimate of drug-likeness (QED) is 0.433. The Hall–Kier alpha value is -1.16. The molecule has 1 aromatic heterocycles. The fourth-order valence-electron chi connectivity index (χ4n) is 0.908. The maximum absolute atomic E-state index is 10.4. The molecule has 1 aromatic rings. The summed E-state index contributed by atoms with van der Waals surface area (Å²) in [5, 5.41) is 10.7. The van der Waals surface area contributed by atoms with Crippen molar-refractivity contribution >= 4 is 17.3 Å². The second-order valence-corrected chi connectivity index (χ2v) is 2.63. The Morgan fingerprint density at radius 2 is 2.14 bits per heavy atom. The van der Waals surface area contributed by atoms with E-state index in [2.05, 4.69) is 4.98 Å². The summed E-state index contributed by atoms with van der Waals surface area (Å²) in [6, 6.07) is 1.51. The summed E-state index contributed by atoms with van der Waals surface area (Å²) in [5.41, 5.74) is 0.641. The van der Waals surface area contributed by atoms with Gasteiger partial charge in [0.2, 0.25) is 0 Å². The van der Waals surface area contributed by atoms with Crippen LogP contribution in [0.2, 0.25) is 5.15 Å². The normalized spacial score (nSPS) is 8.86. The molecule has 0 aromatic carbocycles. The zero-order chi connectivity index (χ0) is 11.1. The predicted octanol–water partition coefficient (Wildman–Crippen LogP) is 3.23. The summed E-state index contributed by atoms with van der Waals surface area (Å²) in [7, 11) is 0. The molecule has 1 heterocycles. The first-order valence-corrected chi connectivity index (χ1v) is 4.81. The standard InChI is InChI=1S/C7H7ClN2O2.C2H6/c1-2-5-3-7(8)9-4-6(5)10(11)12;1-2/h3-4H,2H2,1H3;1-2H3. The largest absolute Gasteiger partial charge is 0.290 e. The second-order valence-electron chi connectivity index (χ2n) is 2.25. The molecule has 5 heteroatoms. The van der Waals surface area contributed by atoms with Crippen LogP contribution >= 0.6 is 11.6 Å². The van der Waals surface area contributed by atoms with Crippen molar-refractivity contribution in [1.82, 2.24) is 4.98 Å². The van der Waals surface area contributed by atoms with Crippen molar-refractivity contribution in [3.63, 3.8) is 0 Å². The smallest absolute Gasteiger partial charge is 0.258 e. The molecule has 4 nitrogen and oxygen atoms in total. The average Bonchev–Trinajstić information content (AvgIpc) is 2.20. The molecule has 0 saturated heterocycles. The van der Waals surface area contributed by atoms with E-state index in [9.17, 15) is 10.1 Å². The van der Waals surface area contributed by atoms with Crippen LogP contribution in [0.15, 0.2) is 12.3 Å². The molecule has 0 fully saturated rings. The van der Waals surface area contributed by atoms with Gasteiger partial charge in [-0.25, -0.2) is 4.98 Å². The monoisotopic (exact) mass is 216 g/mol. The van der Waals surface area contributed by atoms with Gasteiger partial charge >= 0.3 is 0 Å². The van der Waals surface area contributed by atoms with Crippen LogP contribution in [0.3, 0.4) is 0 Å². The number of nitrogens with zero attached hydrogens (tertiary/aromatic N) is 2. The molecule has 0 saturated carbocycles. The average molecular weight is 217 g/mol. The summed E-state index contributed by atoms with van der Waals surface area (Å²) in [6.07, 6.45) is 1.76. The Morgan fingerprint density at radius 3 is 2.57 bits per heavy atom. The molecule has 0 unspecified atom stereocenters. The van der Waals surface area contributed by atoms with E-state index < -0.39 is 4.92 Å². The van der Waals surface area contributed by atoms with Gasteiger partial charge < -0.3 is 0 Å². The number of rotatable bonds is 2. The van der Waals surface area contributed by atoms with Crippen molar-refractivity contribution in [2.75, 3.05) is 0 Å². The number of pyridine rings is 1. The highest BCUT2D eigenvalue weighted by Gasteiger charge is 2.12. The minimum Gasteiger partial charge on any atom is -0.258 e. The lowest BCUT2D eigenvalue weighted by molar-refractivity contribution is -0.385. The van der Waals surface area contributed by atoms with E-state index in [-0.39, 0.29) is 10.8 Å². The summed E-state index contributed by atoms with van der Waals surface area (Å²) in [5.74, 6) is 0. The molecule has 0 spiro atoms. The van der Waals surface area contributed by atoms with E-state index in [4.69, 9.17) is 11.6 Å². The number of nitro groups is 1. The predicted molar refractivity (Wildman–Crippen MR) is 56.6 cm³/mol. The zero-order valence-corrected chi connectivity index (χ0v) is 9.21. The van der Waals surface area contributed by atoms with Gasteiger partial charge in [0.15, 0.2) is 0 Å². The molecule has 78 valence electrons. The van der Waals surface area contributed by atoms with Crippen molar-refractivity contribution in [3.8, 4) is 0 Å². The summed E-state index contributed by atoms with van der Waals surface area (Å²) in [6.45, 7) is 5.83. The fraction of sp³-hybridized carbons (Fsp3) is 0.444. The van der Waals surface area contributed by atoms with Crippen molar-refractivity contribution in [3.05, 3.63) is 33.1 Å². The molecule has 0 bridgehead atoms. The molecule has 0 atom stereocenters. The van der Waals surface area contributed by atoms with Crippen LogP contribution in [0.1, 0.15) is 26.3 Å². The van der Waals surface area contributed by atoms with Gasteiger partial charge in [0, 0.05) is 5.56 Å². The molecule has 0 aliphatic carbocycles. The third-order valence-electron chi connectivity index (χ3n) is 1.51. The van der Waals surface area contributed by atoms with Crippen LogP contribution in [0.4, 0.5) is 5.69 Å². The van der Waals surface area contributed by atoms with E-state index in [0.29, 0.717) is 12.0 Å². The fourth-order valence-corrected chi connectivity index (χ4v) is 1.09. The summed E-state index contributed by atoms with van der Waals surface area (Å²) in [4.78, 5) is 13.6.